The van der Waals surface area contributed by atoms with Crippen LogP contribution in [0.1, 0.15) is 21.7 Å². The number of carbonyl (C=O) groups is 1. The van der Waals surface area contributed by atoms with Gasteiger partial charge < -0.3 is 15.9 Å². The van der Waals surface area contributed by atoms with Crippen LogP contribution in [0.25, 0.3) is 0 Å². The Morgan fingerprint density at radius 1 is 0.966 bits per heavy atom. The van der Waals surface area contributed by atoms with Crippen molar-refractivity contribution in [2.24, 2.45) is 0 Å². The van der Waals surface area contributed by atoms with E-state index in [1.54, 1.807) is 19.9 Å². The van der Waals surface area contributed by atoms with E-state index in [2.05, 4.69) is 14.7 Å². The number of aryl methyl sites for hydroxylation is 2. The molecule has 9 nitrogen and oxygen atoms in total. The lowest BCUT2D eigenvalue weighted by Gasteiger charge is -2.08. The lowest BCUT2D eigenvalue weighted by atomic mass is 10.2. The zero-order chi connectivity index (χ0) is 21.6. The molecule has 1 heterocycles. The highest BCUT2D eigenvalue weighted by Crippen LogP contribution is 2.15. The van der Waals surface area contributed by atoms with Gasteiger partial charge in [0.25, 0.3) is 10.0 Å². The summed E-state index contributed by atoms with van der Waals surface area (Å²) in [5, 5.41) is 17.1. The lowest BCUT2D eigenvalue weighted by Crippen LogP contribution is -2.15. The first-order chi connectivity index (χ1) is 13.6. The Kier molecular flexibility index (Phi) is 6.73. The lowest BCUT2D eigenvalue weighted by molar-refractivity contribution is 0.0697. The molecule has 3 aromatic rings. The van der Waals surface area contributed by atoms with Crippen molar-refractivity contribution in [3.05, 3.63) is 71.5 Å². The molecule has 152 valence electrons. The number of carboxylic acid groups (broad SMARTS) is 1. The SMILES string of the molecule is Cc1cc(C)nc(NS(=O)(=O)c2ccc(N)cc2)n1.O=C(O)c1ccc(O)cc1. The predicted molar refractivity (Wildman–Crippen MR) is 108 cm³/mol. The quantitative estimate of drug-likeness (QED) is 0.473. The van der Waals surface area contributed by atoms with Crippen molar-refractivity contribution in [1.29, 1.82) is 0 Å². The van der Waals surface area contributed by atoms with Crippen LogP contribution in [0.4, 0.5) is 11.6 Å². The first-order valence-electron chi connectivity index (χ1n) is 8.30. The van der Waals surface area contributed by atoms with Crippen LogP contribution in [0.2, 0.25) is 0 Å². The normalized spacial score (nSPS) is 10.6. The van der Waals surface area contributed by atoms with E-state index in [9.17, 15) is 13.2 Å². The van der Waals surface area contributed by atoms with Gasteiger partial charge in [0.1, 0.15) is 5.75 Å². The maximum atomic E-state index is 12.1. The fourth-order valence-corrected chi connectivity index (χ4v) is 3.15. The van der Waals surface area contributed by atoms with Gasteiger partial charge in [-0.2, -0.15) is 0 Å². The molecule has 0 aliphatic carbocycles. The molecule has 3 rings (SSSR count). The van der Waals surface area contributed by atoms with E-state index in [4.69, 9.17) is 15.9 Å². The maximum Gasteiger partial charge on any atom is 0.335 e. The fourth-order valence-electron chi connectivity index (χ4n) is 2.20. The van der Waals surface area contributed by atoms with Crippen molar-refractivity contribution >= 4 is 27.6 Å². The summed E-state index contributed by atoms with van der Waals surface area (Å²) in [4.78, 5) is 18.4. The fraction of sp³-hybridized carbons (Fsp3) is 0.105. The summed E-state index contributed by atoms with van der Waals surface area (Å²) in [7, 11) is -3.69. The average Bonchev–Trinajstić information content (AvgIpc) is 2.61. The summed E-state index contributed by atoms with van der Waals surface area (Å²) in [6.07, 6.45) is 0. The van der Waals surface area contributed by atoms with E-state index in [0.717, 1.165) is 0 Å². The molecule has 10 heteroatoms. The van der Waals surface area contributed by atoms with Gasteiger partial charge in [-0.3, -0.25) is 0 Å². The van der Waals surface area contributed by atoms with Gasteiger partial charge in [0.15, 0.2) is 0 Å². The maximum absolute atomic E-state index is 12.1. The monoisotopic (exact) mass is 416 g/mol. The minimum Gasteiger partial charge on any atom is -0.508 e. The molecule has 0 saturated heterocycles. The standard InChI is InChI=1S/C12H14N4O2S.C7H6O3/c1-8-7-9(2)15-12(14-8)16-19(17,18)11-5-3-10(13)4-6-11;8-6-3-1-5(2-4-6)7(9)10/h3-7H,13H2,1-2H3,(H,14,15,16);1-4,8H,(H,9,10). The molecule has 0 unspecified atom stereocenters. The summed E-state index contributed by atoms with van der Waals surface area (Å²) in [6.45, 7) is 3.55. The Bertz CT molecular complexity index is 1080. The highest BCUT2D eigenvalue weighted by atomic mass is 32.2. The molecule has 0 aliphatic rings. The summed E-state index contributed by atoms with van der Waals surface area (Å²) in [6, 6.07) is 13.0. The number of nitrogens with two attached hydrogens (primary N) is 1. The van der Waals surface area contributed by atoms with E-state index in [0.29, 0.717) is 17.1 Å². The van der Waals surface area contributed by atoms with Crippen LogP contribution in [0, 0.1) is 13.8 Å². The molecular formula is C19H20N4O5S. The Balaban J connectivity index is 0.000000253. The zero-order valence-electron chi connectivity index (χ0n) is 15.7. The number of nitrogens with zero attached hydrogens (tertiary/aromatic N) is 2. The number of nitrogen functional groups attached to an aromatic ring is 1. The molecule has 0 fully saturated rings. The van der Waals surface area contributed by atoms with Crippen molar-refractivity contribution < 1.29 is 23.4 Å². The Morgan fingerprint density at radius 3 is 1.97 bits per heavy atom. The minimum absolute atomic E-state index is 0.0642. The molecule has 0 radical (unpaired) electrons. The van der Waals surface area contributed by atoms with Crippen molar-refractivity contribution in [1.82, 2.24) is 9.97 Å². The van der Waals surface area contributed by atoms with Gasteiger partial charge in [-0.25, -0.2) is 27.9 Å². The van der Waals surface area contributed by atoms with E-state index < -0.39 is 16.0 Å². The number of rotatable bonds is 4. The van der Waals surface area contributed by atoms with Gasteiger partial charge in [-0.05, 0) is 68.4 Å². The molecule has 2 aromatic carbocycles. The van der Waals surface area contributed by atoms with Crippen LogP contribution in [-0.2, 0) is 10.0 Å². The number of phenolic OH excluding ortho intramolecular Hbond substituents is 1. The smallest absolute Gasteiger partial charge is 0.335 e. The van der Waals surface area contributed by atoms with E-state index in [-0.39, 0.29) is 22.2 Å². The molecule has 1 aromatic heterocycles. The molecule has 0 spiro atoms. The van der Waals surface area contributed by atoms with Crippen LogP contribution in [0.3, 0.4) is 0 Å². The molecule has 0 aliphatic heterocycles. The summed E-state index contributed by atoms with van der Waals surface area (Å²) in [5.74, 6) is -0.848. The third kappa shape index (κ3) is 6.47. The number of benzene rings is 2. The Hall–Kier alpha value is -3.66. The third-order valence-electron chi connectivity index (χ3n) is 3.51. The number of nitrogens with one attached hydrogen (secondary N) is 1. The predicted octanol–water partition coefficient (Wildman–Crippen LogP) is 2.57. The average molecular weight is 416 g/mol. The van der Waals surface area contributed by atoms with Crippen LogP contribution in [-0.4, -0.2) is 34.6 Å². The number of anilines is 2. The number of aromatic nitrogens is 2. The molecule has 0 saturated carbocycles. The summed E-state index contributed by atoms with van der Waals surface area (Å²) < 4.78 is 26.6. The van der Waals surface area contributed by atoms with Crippen molar-refractivity contribution in [3.8, 4) is 5.75 Å². The van der Waals surface area contributed by atoms with Crippen molar-refractivity contribution in [3.63, 3.8) is 0 Å². The van der Waals surface area contributed by atoms with Crippen LogP contribution < -0.4 is 10.5 Å². The largest absolute Gasteiger partial charge is 0.508 e. The third-order valence-corrected chi connectivity index (χ3v) is 4.86. The number of aromatic carboxylic acids is 1. The topological polar surface area (TPSA) is 155 Å². The van der Waals surface area contributed by atoms with E-state index >= 15 is 0 Å². The second-order valence-corrected chi connectivity index (χ2v) is 7.68. The van der Waals surface area contributed by atoms with Gasteiger partial charge >= 0.3 is 5.97 Å². The minimum atomic E-state index is -3.69. The van der Waals surface area contributed by atoms with Gasteiger partial charge in [0.2, 0.25) is 5.95 Å². The van der Waals surface area contributed by atoms with Crippen molar-refractivity contribution in [2.45, 2.75) is 18.7 Å². The number of hydrogen-bond acceptors (Lipinski definition) is 7. The molecule has 0 bridgehead atoms. The van der Waals surface area contributed by atoms with Gasteiger partial charge in [-0.1, -0.05) is 0 Å². The van der Waals surface area contributed by atoms with Gasteiger partial charge in [-0.15, -0.1) is 0 Å². The summed E-state index contributed by atoms with van der Waals surface area (Å²) in [5.41, 5.74) is 7.60. The summed E-state index contributed by atoms with van der Waals surface area (Å²) >= 11 is 0. The number of aromatic hydroxyl groups is 1. The second-order valence-electron chi connectivity index (χ2n) is 6.00. The van der Waals surface area contributed by atoms with Gasteiger partial charge in [0, 0.05) is 17.1 Å². The second kappa shape index (κ2) is 9.02. The van der Waals surface area contributed by atoms with E-state index in [1.807, 2.05) is 0 Å². The molecular weight excluding hydrogens is 396 g/mol. The molecule has 0 amide bonds. The molecule has 29 heavy (non-hydrogen) atoms. The number of sulfonamides is 1. The highest BCUT2D eigenvalue weighted by molar-refractivity contribution is 7.92. The zero-order valence-corrected chi connectivity index (χ0v) is 16.5. The first-order valence-corrected chi connectivity index (χ1v) is 9.78. The number of phenols is 1. The number of hydrogen-bond donors (Lipinski definition) is 4. The number of carboxylic acids is 1. The van der Waals surface area contributed by atoms with Crippen molar-refractivity contribution in [2.75, 3.05) is 10.5 Å². The van der Waals surface area contributed by atoms with Gasteiger partial charge in [0.05, 0.1) is 10.5 Å². The first kappa shape index (κ1) is 21.6. The molecule has 0 atom stereocenters. The van der Waals surface area contributed by atoms with E-state index in [1.165, 1.54) is 48.5 Å². The Morgan fingerprint density at radius 2 is 1.48 bits per heavy atom. The van der Waals surface area contributed by atoms with Crippen LogP contribution in [0.5, 0.6) is 5.75 Å². The highest BCUT2D eigenvalue weighted by Gasteiger charge is 2.15. The Labute approximate surface area is 167 Å². The van der Waals surface area contributed by atoms with Crippen LogP contribution in [0.15, 0.2) is 59.5 Å². The molecule has 5 N–H and O–H groups in total. The van der Waals surface area contributed by atoms with Crippen LogP contribution >= 0.6 is 0 Å².